The molecule has 1 aliphatic heterocycles. The van der Waals surface area contributed by atoms with Crippen molar-refractivity contribution in [1.82, 2.24) is 0 Å². The minimum atomic E-state index is -0.539. The zero-order chi connectivity index (χ0) is 14.8. The molecule has 1 unspecified atom stereocenters. The summed E-state index contributed by atoms with van der Waals surface area (Å²) in [4.78, 5) is 0. The Morgan fingerprint density at radius 3 is 2.90 bits per heavy atom. The van der Waals surface area contributed by atoms with Gasteiger partial charge < -0.3 is 10.1 Å². The van der Waals surface area contributed by atoms with E-state index in [0.29, 0.717) is 24.4 Å². The van der Waals surface area contributed by atoms with Gasteiger partial charge in [-0.05, 0) is 36.4 Å². The monoisotopic (exact) mass is 286 g/mol. The summed E-state index contributed by atoms with van der Waals surface area (Å²) < 4.78 is 32.0. The second-order valence-electron chi connectivity index (χ2n) is 4.88. The molecule has 0 saturated heterocycles. The maximum absolute atomic E-state index is 13.2. The quantitative estimate of drug-likeness (QED) is 0.942. The van der Waals surface area contributed by atoms with Gasteiger partial charge in [0, 0.05) is 17.7 Å². The Hall–Kier alpha value is -2.61. The molecule has 5 heteroatoms. The molecule has 3 rings (SSSR count). The third-order valence-electron chi connectivity index (χ3n) is 3.38. The molecule has 1 atom stereocenters. The highest BCUT2D eigenvalue weighted by molar-refractivity contribution is 5.50. The number of rotatable bonds is 3. The van der Waals surface area contributed by atoms with Crippen molar-refractivity contribution in [3.8, 4) is 11.8 Å². The Morgan fingerprint density at radius 1 is 1.24 bits per heavy atom. The molecule has 0 radical (unpaired) electrons. The van der Waals surface area contributed by atoms with Crippen molar-refractivity contribution in [2.45, 2.75) is 12.5 Å². The summed E-state index contributed by atoms with van der Waals surface area (Å²) in [5.41, 5.74) is 1.50. The number of hydrogen-bond donors (Lipinski definition) is 1. The van der Waals surface area contributed by atoms with Gasteiger partial charge in [0.2, 0.25) is 0 Å². The molecule has 0 aliphatic carbocycles. The molecule has 0 saturated carbocycles. The van der Waals surface area contributed by atoms with Crippen LogP contribution in [0, 0.1) is 23.0 Å². The molecule has 0 amide bonds. The molecule has 106 valence electrons. The zero-order valence-corrected chi connectivity index (χ0v) is 11.1. The van der Waals surface area contributed by atoms with E-state index in [4.69, 9.17) is 10.00 Å². The first-order valence-corrected chi connectivity index (χ1v) is 6.54. The average Bonchev–Trinajstić information content (AvgIpc) is 2.88. The van der Waals surface area contributed by atoms with Gasteiger partial charge in [-0.3, -0.25) is 0 Å². The number of nitrogens with zero attached hydrogens (tertiary/aromatic N) is 1. The van der Waals surface area contributed by atoms with Gasteiger partial charge in [-0.2, -0.15) is 5.26 Å². The highest BCUT2D eigenvalue weighted by Gasteiger charge is 2.23. The Kier molecular flexibility index (Phi) is 3.44. The second kappa shape index (κ2) is 5.41. The van der Waals surface area contributed by atoms with Gasteiger partial charge in [0.05, 0.1) is 12.1 Å². The predicted octanol–water partition coefficient (Wildman–Crippen LogP) is 3.25. The standard InChI is InChI=1S/C16H12F2N2O/c17-12-1-4-16-10(5-12)7-14(21-16)9-20-13-2-3-15(18)11(6-13)8-19/h1-6,14,20H,7,9H2. The first-order chi connectivity index (χ1) is 10.2. The molecular formula is C16H12F2N2O. The van der Waals surface area contributed by atoms with E-state index in [9.17, 15) is 8.78 Å². The van der Waals surface area contributed by atoms with Crippen LogP contribution < -0.4 is 10.1 Å². The highest BCUT2D eigenvalue weighted by atomic mass is 19.1. The van der Waals surface area contributed by atoms with E-state index in [0.717, 1.165) is 5.56 Å². The van der Waals surface area contributed by atoms with E-state index in [1.54, 1.807) is 18.2 Å². The van der Waals surface area contributed by atoms with E-state index >= 15 is 0 Å². The summed E-state index contributed by atoms with van der Waals surface area (Å²) in [6.07, 6.45) is 0.504. The maximum atomic E-state index is 13.2. The van der Waals surface area contributed by atoms with Crippen molar-refractivity contribution in [2.75, 3.05) is 11.9 Å². The molecule has 3 nitrogen and oxygen atoms in total. The van der Waals surface area contributed by atoms with Gasteiger partial charge in [0.15, 0.2) is 0 Å². The largest absolute Gasteiger partial charge is 0.488 e. The van der Waals surface area contributed by atoms with Crippen molar-refractivity contribution in [3.05, 3.63) is 59.2 Å². The third-order valence-corrected chi connectivity index (χ3v) is 3.38. The Labute approximate surface area is 120 Å². The van der Waals surface area contributed by atoms with Crippen LogP contribution in [0.3, 0.4) is 0 Å². The zero-order valence-electron chi connectivity index (χ0n) is 11.1. The molecule has 0 bridgehead atoms. The lowest BCUT2D eigenvalue weighted by Crippen LogP contribution is -2.24. The molecule has 1 N–H and O–H groups in total. The fraction of sp³-hybridized carbons (Fsp3) is 0.188. The number of hydrogen-bond acceptors (Lipinski definition) is 3. The fourth-order valence-electron chi connectivity index (χ4n) is 2.36. The highest BCUT2D eigenvalue weighted by Crippen LogP contribution is 2.29. The van der Waals surface area contributed by atoms with E-state index in [1.165, 1.54) is 24.3 Å². The van der Waals surface area contributed by atoms with Crippen LogP contribution in [0.4, 0.5) is 14.5 Å². The number of anilines is 1. The van der Waals surface area contributed by atoms with E-state index in [2.05, 4.69) is 5.32 Å². The Morgan fingerprint density at radius 2 is 2.10 bits per heavy atom. The Balaban J connectivity index is 1.64. The van der Waals surface area contributed by atoms with Crippen LogP contribution in [0.2, 0.25) is 0 Å². The van der Waals surface area contributed by atoms with Crippen LogP contribution in [0.5, 0.6) is 5.75 Å². The van der Waals surface area contributed by atoms with Crippen LogP contribution in [0.25, 0.3) is 0 Å². The van der Waals surface area contributed by atoms with Gasteiger partial charge >= 0.3 is 0 Å². The molecule has 0 spiro atoms. The number of halogens is 2. The minimum Gasteiger partial charge on any atom is -0.488 e. The van der Waals surface area contributed by atoms with Crippen LogP contribution in [-0.4, -0.2) is 12.6 Å². The van der Waals surface area contributed by atoms with E-state index in [-0.39, 0.29) is 17.5 Å². The summed E-state index contributed by atoms with van der Waals surface area (Å²) in [5, 5.41) is 11.9. The molecule has 21 heavy (non-hydrogen) atoms. The summed E-state index contributed by atoms with van der Waals surface area (Å²) in [7, 11) is 0. The molecule has 2 aromatic carbocycles. The normalized spacial score (nSPS) is 16.0. The first-order valence-electron chi connectivity index (χ1n) is 6.54. The van der Waals surface area contributed by atoms with Crippen LogP contribution in [0.15, 0.2) is 36.4 Å². The SMILES string of the molecule is N#Cc1cc(NCC2Cc3cc(F)ccc3O2)ccc1F. The van der Waals surface area contributed by atoms with Gasteiger partial charge in [0.25, 0.3) is 0 Å². The molecule has 0 aromatic heterocycles. The lowest BCUT2D eigenvalue weighted by atomic mass is 10.1. The molecule has 0 fully saturated rings. The summed E-state index contributed by atoms with van der Waals surface area (Å²) in [6, 6.07) is 10.5. The number of nitriles is 1. The minimum absolute atomic E-state index is 0.00213. The van der Waals surface area contributed by atoms with E-state index in [1.807, 2.05) is 0 Å². The summed E-state index contributed by atoms with van der Waals surface area (Å²) in [6.45, 7) is 0.493. The van der Waals surface area contributed by atoms with Crippen LogP contribution in [-0.2, 0) is 6.42 Å². The molecule has 2 aromatic rings. The number of ether oxygens (including phenoxy) is 1. The van der Waals surface area contributed by atoms with Gasteiger partial charge in [0.1, 0.15) is 29.6 Å². The fourth-order valence-corrected chi connectivity index (χ4v) is 2.36. The second-order valence-corrected chi connectivity index (χ2v) is 4.88. The van der Waals surface area contributed by atoms with E-state index < -0.39 is 5.82 Å². The third kappa shape index (κ3) is 2.79. The lowest BCUT2D eigenvalue weighted by Gasteiger charge is -2.13. The first kappa shape index (κ1) is 13.4. The van der Waals surface area contributed by atoms with Gasteiger partial charge in [-0.1, -0.05) is 0 Å². The van der Waals surface area contributed by atoms with Crippen molar-refractivity contribution in [1.29, 1.82) is 5.26 Å². The predicted molar refractivity (Wildman–Crippen MR) is 74.1 cm³/mol. The van der Waals surface area contributed by atoms with Gasteiger partial charge in [-0.15, -0.1) is 0 Å². The summed E-state index contributed by atoms with van der Waals surface area (Å²) >= 11 is 0. The van der Waals surface area contributed by atoms with Gasteiger partial charge in [-0.25, -0.2) is 8.78 Å². The lowest BCUT2D eigenvalue weighted by molar-refractivity contribution is 0.246. The molecular weight excluding hydrogens is 274 g/mol. The Bertz CT molecular complexity index is 725. The van der Waals surface area contributed by atoms with Crippen LogP contribution >= 0.6 is 0 Å². The number of fused-ring (bicyclic) bond motifs is 1. The molecule has 1 aliphatic rings. The number of benzene rings is 2. The topological polar surface area (TPSA) is 45.0 Å². The van der Waals surface area contributed by atoms with Crippen molar-refractivity contribution >= 4 is 5.69 Å². The smallest absolute Gasteiger partial charge is 0.141 e. The van der Waals surface area contributed by atoms with Crippen molar-refractivity contribution < 1.29 is 13.5 Å². The number of nitrogens with one attached hydrogen (secondary N) is 1. The molecule has 1 heterocycles. The summed E-state index contributed by atoms with van der Waals surface area (Å²) in [5.74, 6) is -0.119. The van der Waals surface area contributed by atoms with Crippen LogP contribution in [0.1, 0.15) is 11.1 Å². The average molecular weight is 286 g/mol. The van der Waals surface area contributed by atoms with Crippen molar-refractivity contribution in [2.24, 2.45) is 0 Å². The maximum Gasteiger partial charge on any atom is 0.141 e. The van der Waals surface area contributed by atoms with Crippen molar-refractivity contribution in [3.63, 3.8) is 0 Å².